The minimum absolute atomic E-state index is 0.0283. The van der Waals surface area contributed by atoms with E-state index in [2.05, 4.69) is 16.6 Å². The molecule has 0 aliphatic carbocycles. The lowest BCUT2D eigenvalue weighted by Crippen LogP contribution is -2.20. The lowest BCUT2D eigenvalue weighted by atomic mass is 10.0. The number of benzene rings is 2. The third-order valence-electron chi connectivity index (χ3n) is 5.78. The van der Waals surface area contributed by atoms with E-state index in [4.69, 9.17) is 4.98 Å². The quantitative estimate of drug-likeness (QED) is 0.336. The molecule has 6 nitrogen and oxygen atoms in total. The van der Waals surface area contributed by atoms with Gasteiger partial charge in [0.05, 0.1) is 34.1 Å². The Bertz CT molecular complexity index is 1560. The SMILES string of the molecule is CCCc1ccc2cn(-c3ccc4ncn(C)c4c3)c(=O)c(-c3ccc(OC(F)F)cc3)c2n1. The van der Waals surface area contributed by atoms with Gasteiger partial charge in [0.2, 0.25) is 0 Å². The van der Waals surface area contributed by atoms with E-state index in [0.717, 1.165) is 35.0 Å². The zero-order valence-electron chi connectivity index (χ0n) is 18.7. The summed E-state index contributed by atoms with van der Waals surface area (Å²) >= 11 is 0. The molecule has 5 rings (SSSR count). The molecular formula is C26H22F2N4O2. The number of rotatable bonds is 6. The van der Waals surface area contributed by atoms with E-state index in [-0.39, 0.29) is 11.3 Å². The van der Waals surface area contributed by atoms with Gasteiger partial charge in [-0.05, 0) is 54.4 Å². The maximum atomic E-state index is 13.8. The van der Waals surface area contributed by atoms with E-state index in [1.807, 2.05) is 41.9 Å². The molecule has 2 aromatic carbocycles. The number of pyridine rings is 2. The van der Waals surface area contributed by atoms with Gasteiger partial charge in [0.15, 0.2) is 0 Å². The normalized spacial score (nSPS) is 11.6. The number of halogens is 2. The van der Waals surface area contributed by atoms with Crippen molar-refractivity contribution in [1.29, 1.82) is 0 Å². The minimum atomic E-state index is -2.92. The fourth-order valence-electron chi connectivity index (χ4n) is 4.15. The van der Waals surface area contributed by atoms with Gasteiger partial charge in [0.1, 0.15) is 5.75 Å². The molecule has 0 saturated carbocycles. The molecule has 0 saturated heterocycles. The van der Waals surface area contributed by atoms with Crippen molar-refractivity contribution in [3.63, 3.8) is 0 Å². The molecule has 0 bridgehead atoms. The molecule has 0 atom stereocenters. The van der Waals surface area contributed by atoms with Gasteiger partial charge in [-0.3, -0.25) is 14.3 Å². The second-order valence-corrected chi connectivity index (χ2v) is 8.10. The highest BCUT2D eigenvalue weighted by atomic mass is 19.3. The second kappa shape index (κ2) is 8.70. The summed E-state index contributed by atoms with van der Waals surface area (Å²) in [5, 5.41) is 0.799. The van der Waals surface area contributed by atoms with Gasteiger partial charge in [-0.2, -0.15) is 8.78 Å². The molecule has 0 spiro atoms. The van der Waals surface area contributed by atoms with E-state index >= 15 is 0 Å². The van der Waals surface area contributed by atoms with E-state index in [0.29, 0.717) is 22.3 Å². The number of hydrogen-bond acceptors (Lipinski definition) is 4. The van der Waals surface area contributed by atoms with Crippen LogP contribution in [0.15, 0.2) is 71.9 Å². The monoisotopic (exact) mass is 460 g/mol. The zero-order chi connectivity index (χ0) is 23.8. The maximum absolute atomic E-state index is 13.8. The molecule has 8 heteroatoms. The molecule has 34 heavy (non-hydrogen) atoms. The topological polar surface area (TPSA) is 61.9 Å². The van der Waals surface area contributed by atoms with Crippen molar-refractivity contribution >= 4 is 21.9 Å². The zero-order valence-corrected chi connectivity index (χ0v) is 18.7. The van der Waals surface area contributed by atoms with Gasteiger partial charge >= 0.3 is 6.61 Å². The highest BCUT2D eigenvalue weighted by Crippen LogP contribution is 2.28. The van der Waals surface area contributed by atoms with Crippen LogP contribution in [0.2, 0.25) is 0 Å². The number of aromatic nitrogens is 4. The first kappa shape index (κ1) is 21.8. The number of imidazole rings is 1. The Balaban J connectivity index is 1.75. The molecule has 3 heterocycles. The summed E-state index contributed by atoms with van der Waals surface area (Å²) in [5.74, 6) is 0.0283. The summed E-state index contributed by atoms with van der Waals surface area (Å²) < 4.78 is 33.2. The molecule has 0 radical (unpaired) electrons. The summed E-state index contributed by atoms with van der Waals surface area (Å²) in [6.45, 7) is -0.845. The number of hydrogen-bond donors (Lipinski definition) is 0. The van der Waals surface area contributed by atoms with Crippen LogP contribution in [0.5, 0.6) is 5.75 Å². The number of alkyl halides is 2. The van der Waals surface area contributed by atoms with Crippen molar-refractivity contribution in [2.24, 2.45) is 7.05 Å². The molecule has 0 unspecified atom stereocenters. The van der Waals surface area contributed by atoms with Crippen LogP contribution in [0.3, 0.4) is 0 Å². The number of fused-ring (bicyclic) bond motifs is 2. The van der Waals surface area contributed by atoms with Crippen molar-refractivity contribution in [3.05, 3.63) is 83.2 Å². The van der Waals surface area contributed by atoms with Gasteiger partial charge in [-0.1, -0.05) is 25.5 Å². The summed E-state index contributed by atoms with van der Waals surface area (Å²) in [4.78, 5) is 23.0. The largest absolute Gasteiger partial charge is 0.435 e. The summed E-state index contributed by atoms with van der Waals surface area (Å²) in [6.07, 6.45) is 5.23. The van der Waals surface area contributed by atoms with Gasteiger partial charge in [0, 0.05) is 24.3 Å². The van der Waals surface area contributed by atoms with E-state index in [1.54, 1.807) is 29.2 Å². The Hall–Kier alpha value is -4.07. The third-order valence-corrected chi connectivity index (χ3v) is 5.78. The summed E-state index contributed by atoms with van der Waals surface area (Å²) in [6, 6.07) is 15.7. The number of ether oxygens (including phenoxy) is 1. The Morgan fingerprint density at radius 1 is 1.06 bits per heavy atom. The first-order chi connectivity index (χ1) is 16.4. The molecule has 3 aromatic heterocycles. The predicted molar refractivity (Wildman–Crippen MR) is 128 cm³/mol. The van der Waals surface area contributed by atoms with Crippen LogP contribution in [0.25, 0.3) is 38.8 Å². The van der Waals surface area contributed by atoms with Crippen LogP contribution >= 0.6 is 0 Å². The minimum Gasteiger partial charge on any atom is -0.435 e. The molecular weight excluding hydrogens is 438 g/mol. The second-order valence-electron chi connectivity index (χ2n) is 8.10. The Morgan fingerprint density at radius 2 is 1.85 bits per heavy atom. The maximum Gasteiger partial charge on any atom is 0.387 e. The fraction of sp³-hybridized carbons (Fsp3) is 0.192. The van der Waals surface area contributed by atoms with E-state index < -0.39 is 6.61 Å². The first-order valence-electron chi connectivity index (χ1n) is 11.0. The summed E-state index contributed by atoms with van der Waals surface area (Å²) in [7, 11) is 1.90. The molecule has 0 fully saturated rings. The van der Waals surface area contributed by atoms with Gasteiger partial charge in [0.25, 0.3) is 5.56 Å². The molecule has 0 aliphatic rings. The van der Waals surface area contributed by atoms with Gasteiger partial charge in [-0.15, -0.1) is 0 Å². The molecule has 0 amide bonds. The van der Waals surface area contributed by atoms with Crippen molar-refractivity contribution in [1.82, 2.24) is 19.1 Å². The Morgan fingerprint density at radius 3 is 2.59 bits per heavy atom. The molecule has 0 aliphatic heterocycles. The summed E-state index contributed by atoms with van der Waals surface area (Å²) in [5.41, 5.74) is 4.63. The van der Waals surface area contributed by atoms with Crippen molar-refractivity contribution in [3.8, 4) is 22.6 Å². The van der Waals surface area contributed by atoms with Crippen molar-refractivity contribution in [2.75, 3.05) is 0 Å². The van der Waals surface area contributed by atoms with Crippen LogP contribution in [0.4, 0.5) is 8.78 Å². The Kier molecular flexibility index (Phi) is 5.57. The van der Waals surface area contributed by atoms with Gasteiger partial charge in [-0.25, -0.2) is 4.98 Å². The smallest absolute Gasteiger partial charge is 0.387 e. The number of aryl methyl sites for hydroxylation is 2. The van der Waals surface area contributed by atoms with Crippen molar-refractivity contribution < 1.29 is 13.5 Å². The average Bonchev–Trinajstić information content (AvgIpc) is 3.19. The Labute approximate surface area is 194 Å². The van der Waals surface area contributed by atoms with Crippen LogP contribution in [-0.2, 0) is 13.5 Å². The lowest BCUT2D eigenvalue weighted by Gasteiger charge is -2.14. The molecule has 172 valence electrons. The van der Waals surface area contributed by atoms with Crippen LogP contribution < -0.4 is 10.3 Å². The lowest BCUT2D eigenvalue weighted by molar-refractivity contribution is -0.0498. The van der Waals surface area contributed by atoms with Gasteiger partial charge < -0.3 is 9.30 Å². The van der Waals surface area contributed by atoms with Crippen LogP contribution in [-0.4, -0.2) is 25.7 Å². The molecule has 5 aromatic rings. The van der Waals surface area contributed by atoms with Crippen molar-refractivity contribution in [2.45, 2.75) is 26.4 Å². The fourth-order valence-corrected chi connectivity index (χ4v) is 4.15. The van der Waals surface area contributed by atoms with E-state index in [9.17, 15) is 13.6 Å². The predicted octanol–water partition coefficient (Wildman–Crippen LogP) is 5.49. The van der Waals surface area contributed by atoms with Crippen LogP contribution in [0.1, 0.15) is 19.0 Å². The van der Waals surface area contributed by atoms with Crippen LogP contribution in [0, 0.1) is 0 Å². The standard InChI is InChI=1S/C26H22F2N4O2/c1-3-4-18-8-5-17-14-32(19-9-12-21-22(13-19)31(2)15-29-21)25(33)23(24(17)30-18)16-6-10-20(11-7-16)34-26(27)28/h5-15,26H,3-4H2,1-2H3. The highest BCUT2D eigenvalue weighted by Gasteiger charge is 2.16. The highest BCUT2D eigenvalue weighted by molar-refractivity contribution is 5.93. The molecule has 0 N–H and O–H groups in total. The first-order valence-corrected chi connectivity index (χ1v) is 11.0. The number of nitrogens with zero attached hydrogens (tertiary/aromatic N) is 4. The van der Waals surface area contributed by atoms with E-state index in [1.165, 1.54) is 12.1 Å². The third kappa shape index (κ3) is 3.91. The average molecular weight is 460 g/mol.